The Morgan fingerprint density at radius 2 is 2.17 bits per heavy atom. The molecule has 94 valence electrons. The van der Waals surface area contributed by atoms with Crippen LogP contribution in [0.3, 0.4) is 0 Å². The van der Waals surface area contributed by atoms with E-state index in [1.807, 2.05) is 12.1 Å². The van der Waals surface area contributed by atoms with Gasteiger partial charge in [-0.15, -0.1) is 0 Å². The summed E-state index contributed by atoms with van der Waals surface area (Å²) in [6, 6.07) is 7.01. The van der Waals surface area contributed by atoms with Crippen LogP contribution >= 0.6 is 15.9 Å². The Morgan fingerprint density at radius 3 is 2.67 bits per heavy atom. The number of halogens is 1. The van der Waals surface area contributed by atoms with Crippen LogP contribution in [-0.2, 0) is 7.05 Å². The van der Waals surface area contributed by atoms with Gasteiger partial charge in [0.05, 0.1) is 17.3 Å². The van der Waals surface area contributed by atoms with Gasteiger partial charge in [0.2, 0.25) is 0 Å². The number of carboxylic acid groups (broad SMARTS) is 1. The van der Waals surface area contributed by atoms with Gasteiger partial charge in [-0.3, -0.25) is 4.68 Å². The first-order valence-electron chi connectivity index (χ1n) is 5.14. The lowest BCUT2D eigenvalue weighted by Crippen LogP contribution is -2.04. The predicted molar refractivity (Wildman–Crippen MR) is 69.9 cm³/mol. The Kier molecular flexibility index (Phi) is 3.38. The van der Waals surface area contributed by atoms with E-state index >= 15 is 0 Å². The molecular formula is C12H11BrN2O3. The summed E-state index contributed by atoms with van der Waals surface area (Å²) >= 11 is 3.38. The highest BCUT2D eigenvalue weighted by atomic mass is 79.9. The number of methoxy groups -OCH3 is 1. The number of hydrogen-bond donors (Lipinski definition) is 1. The lowest BCUT2D eigenvalue weighted by molar-refractivity contribution is 0.0685. The van der Waals surface area contributed by atoms with Crippen LogP contribution in [0.5, 0.6) is 5.75 Å². The SMILES string of the molecule is COc1ccc(-c2cc(C(=O)O)n(C)n2)cc1Br. The van der Waals surface area contributed by atoms with E-state index in [0.29, 0.717) is 11.4 Å². The van der Waals surface area contributed by atoms with E-state index in [0.717, 1.165) is 10.0 Å². The van der Waals surface area contributed by atoms with Gasteiger partial charge in [-0.1, -0.05) is 0 Å². The van der Waals surface area contributed by atoms with Gasteiger partial charge >= 0.3 is 5.97 Å². The maximum atomic E-state index is 10.9. The van der Waals surface area contributed by atoms with Gasteiger partial charge in [0.25, 0.3) is 0 Å². The molecule has 0 amide bonds. The molecule has 1 aromatic heterocycles. The zero-order chi connectivity index (χ0) is 13.3. The highest BCUT2D eigenvalue weighted by molar-refractivity contribution is 9.10. The molecule has 0 saturated heterocycles. The third kappa shape index (κ3) is 2.24. The van der Waals surface area contributed by atoms with Gasteiger partial charge in [0, 0.05) is 12.6 Å². The average molecular weight is 311 g/mol. The largest absolute Gasteiger partial charge is 0.496 e. The Hall–Kier alpha value is -1.82. The van der Waals surface area contributed by atoms with Crippen molar-refractivity contribution in [3.63, 3.8) is 0 Å². The quantitative estimate of drug-likeness (QED) is 0.946. The number of ether oxygens (including phenoxy) is 1. The molecule has 2 rings (SSSR count). The van der Waals surface area contributed by atoms with Crippen LogP contribution in [0.2, 0.25) is 0 Å². The van der Waals surface area contributed by atoms with Crippen molar-refractivity contribution in [3.8, 4) is 17.0 Å². The number of aromatic carboxylic acids is 1. The van der Waals surface area contributed by atoms with E-state index in [4.69, 9.17) is 9.84 Å². The highest BCUT2D eigenvalue weighted by Gasteiger charge is 2.13. The van der Waals surface area contributed by atoms with Crippen LogP contribution in [0.25, 0.3) is 11.3 Å². The van der Waals surface area contributed by atoms with E-state index in [2.05, 4.69) is 21.0 Å². The summed E-state index contributed by atoms with van der Waals surface area (Å²) < 4.78 is 7.28. The molecule has 0 saturated carbocycles. The second kappa shape index (κ2) is 4.81. The van der Waals surface area contributed by atoms with Crippen LogP contribution < -0.4 is 4.74 Å². The normalized spacial score (nSPS) is 10.4. The summed E-state index contributed by atoms with van der Waals surface area (Å²) in [6.45, 7) is 0. The Labute approximate surface area is 112 Å². The summed E-state index contributed by atoms with van der Waals surface area (Å²) in [5.74, 6) is -0.281. The minimum atomic E-state index is -0.996. The lowest BCUT2D eigenvalue weighted by atomic mass is 10.1. The maximum absolute atomic E-state index is 10.9. The van der Waals surface area contributed by atoms with Crippen LogP contribution in [0.4, 0.5) is 0 Å². The van der Waals surface area contributed by atoms with Crippen molar-refractivity contribution < 1.29 is 14.6 Å². The van der Waals surface area contributed by atoms with Crippen molar-refractivity contribution in [1.82, 2.24) is 9.78 Å². The first-order valence-corrected chi connectivity index (χ1v) is 5.93. The molecule has 0 fully saturated rings. The number of carbonyl (C=O) groups is 1. The first kappa shape index (κ1) is 12.6. The van der Waals surface area contributed by atoms with E-state index in [1.165, 1.54) is 10.7 Å². The van der Waals surface area contributed by atoms with Crippen molar-refractivity contribution in [3.05, 3.63) is 34.4 Å². The van der Waals surface area contributed by atoms with Crippen molar-refractivity contribution in [2.24, 2.45) is 7.05 Å². The first-order chi connectivity index (χ1) is 8.52. The number of aryl methyl sites for hydroxylation is 1. The van der Waals surface area contributed by atoms with Gasteiger partial charge in [-0.25, -0.2) is 4.79 Å². The summed E-state index contributed by atoms with van der Waals surface area (Å²) in [5.41, 5.74) is 1.58. The van der Waals surface area contributed by atoms with Crippen LogP contribution in [0.1, 0.15) is 10.5 Å². The van der Waals surface area contributed by atoms with Crippen LogP contribution in [-0.4, -0.2) is 28.0 Å². The molecule has 1 heterocycles. The average Bonchev–Trinajstić information content (AvgIpc) is 2.71. The molecule has 0 atom stereocenters. The third-order valence-corrected chi connectivity index (χ3v) is 3.17. The molecule has 1 N–H and O–H groups in total. The van der Waals surface area contributed by atoms with Gasteiger partial charge in [-0.05, 0) is 40.2 Å². The van der Waals surface area contributed by atoms with Gasteiger partial charge < -0.3 is 9.84 Å². The molecule has 0 unspecified atom stereocenters. The second-order valence-electron chi connectivity index (χ2n) is 3.69. The highest BCUT2D eigenvalue weighted by Crippen LogP contribution is 2.30. The number of aromatic nitrogens is 2. The zero-order valence-electron chi connectivity index (χ0n) is 9.85. The number of rotatable bonds is 3. The molecule has 0 aliphatic heterocycles. The topological polar surface area (TPSA) is 64.3 Å². The Bertz CT molecular complexity index is 607. The second-order valence-corrected chi connectivity index (χ2v) is 4.55. The predicted octanol–water partition coefficient (Wildman–Crippen LogP) is 2.56. The van der Waals surface area contributed by atoms with Crippen molar-refractivity contribution in [2.75, 3.05) is 7.11 Å². The van der Waals surface area contributed by atoms with E-state index in [-0.39, 0.29) is 5.69 Å². The van der Waals surface area contributed by atoms with E-state index in [9.17, 15) is 4.79 Å². The van der Waals surface area contributed by atoms with Gasteiger partial charge in [0.15, 0.2) is 0 Å². The third-order valence-electron chi connectivity index (χ3n) is 2.55. The molecule has 6 heteroatoms. The fourth-order valence-electron chi connectivity index (χ4n) is 1.63. The molecule has 0 spiro atoms. The molecule has 5 nitrogen and oxygen atoms in total. The van der Waals surface area contributed by atoms with Crippen molar-refractivity contribution in [2.45, 2.75) is 0 Å². The van der Waals surface area contributed by atoms with Gasteiger partial charge in [-0.2, -0.15) is 5.10 Å². The Balaban J connectivity index is 2.46. The minimum absolute atomic E-state index is 0.150. The minimum Gasteiger partial charge on any atom is -0.496 e. The lowest BCUT2D eigenvalue weighted by Gasteiger charge is -2.04. The van der Waals surface area contributed by atoms with Crippen LogP contribution in [0, 0.1) is 0 Å². The van der Waals surface area contributed by atoms with E-state index in [1.54, 1.807) is 20.2 Å². The number of nitrogens with zero attached hydrogens (tertiary/aromatic N) is 2. The summed E-state index contributed by atoms with van der Waals surface area (Å²) in [6.07, 6.45) is 0. The summed E-state index contributed by atoms with van der Waals surface area (Å²) in [7, 11) is 3.19. The molecule has 2 aromatic rings. The number of carboxylic acids is 1. The van der Waals surface area contributed by atoms with Crippen LogP contribution in [0.15, 0.2) is 28.7 Å². The van der Waals surface area contributed by atoms with Crippen molar-refractivity contribution in [1.29, 1.82) is 0 Å². The number of hydrogen-bond acceptors (Lipinski definition) is 3. The fourth-order valence-corrected chi connectivity index (χ4v) is 2.17. The molecule has 18 heavy (non-hydrogen) atoms. The van der Waals surface area contributed by atoms with Gasteiger partial charge in [0.1, 0.15) is 11.4 Å². The maximum Gasteiger partial charge on any atom is 0.354 e. The molecule has 0 aliphatic carbocycles. The molecule has 0 bridgehead atoms. The molecule has 0 radical (unpaired) electrons. The smallest absolute Gasteiger partial charge is 0.354 e. The number of benzene rings is 1. The summed E-state index contributed by atoms with van der Waals surface area (Å²) in [5, 5.41) is 13.1. The standard InChI is InChI=1S/C12H11BrN2O3/c1-15-10(12(16)17)6-9(14-15)7-3-4-11(18-2)8(13)5-7/h3-6H,1-2H3,(H,16,17). The molecule has 0 aliphatic rings. The zero-order valence-corrected chi connectivity index (χ0v) is 11.4. The van der Waals surface area contributed by atoms with Crippen molar-refractivity contribution >= 4 is 21.9 Å². The molecule has 1 aromatic carbocycles. The Morgan fingerprint density at radius 1 is 1.44 bits per heavy atom. The summed E-state index contributed by atoms with van der Waals surface area (Å²) in [4.78, 5) is 10.9. The monoisotopic (exact) mass is 310 g/mol. The fraction of sp³-hybridized carbons (Fsp3) is 0.167. The van der Waals surface area contributed by atoms with E-state index < -0.39 is 5.97 Å². The molecular weight excluding hydrogens is 300 g/mol.